The number of halogens is 1. The second kappa shape index (κ2) is 8.69. The third-order valence-electron chi connectivity index (χ3n) is 5.14. The number of hydrogen-bond acceptors (Lipinski definition) is 3. The van der Waals surface area contributed by atoms with Gasteiger partial charge in [0, 0.05) is 24.8 Å². The first-order chi connectivity index (χ1) is 13.0. The van der Waals surface area contributed by atoms with Gasteiger partial charge < -0.3 is 10.2 Å². The highest BCUT2D eigenvalue weighted by molar-refractivity contribution is 9.10. The van der Waals surface area contributed by atoms with Crippen LogP contribution in [0.4, 0.5) is 0 Å². The Morgan fingerprint density at radius 2 is 1.96 bits per heavy atom. The summed E-state index contributed by atoms with van der Waals surface area (Å²) in [4.78, 5) is 27.3. The number of carbonyl (C=O) groups excluding carboxylic acids is 2. The molecule has 2 N–H and O–H groups in total. The van der Waals surface area contributed by atoms with Crippen LogP contribution in [0.25, 0.3) is 0 Å². The summed E-state index contributed by atoms with van der Waals surface area (Å²) in [6, 6.07) is 10.0. The van der Waals surface area contributed by atoms with E-state index in [0.29, 0.717) is 23.3 Å². The van der Waals surface area contributed by atoms with E-state index in [1.165, 1.54) is 0 Å². The van der Waals surface area contributed by atoms with Crippen molar-refractivity contribution in [3.05, 3.63) is 51.8 Å². The molecule has 2 aromatic rings. The molecule has 1 aromatic heterocycles. The molecule has 0 bridgehead atoms. The van der Waals surface area contributed by atoms with Gasteiger partial charge in [0.05, 0.1) is 10.4 Å². The fraction of sp³-hybridized carbons (Fsp3) is 0.450. The number of piperidine rings is 1. The smallest absolute Gasteiger partial charge is 0.273 e. The molecule has 7 heteroatoms. The van der Waals surface area contributed by atoms with Crippen LogP contribution in [-0.2, 0) is 4.79 Å². The van der Waals surface area contributed by atoms with Crippen molar-refractivity contribution in [1.29, 1.82) is 0 Å². The van der Waals surface area contributed by atoms with Crippen molar-refractivity contribution < 1.29 is 9.59 Å². The third-order valence-corrected chi connectivity index (χ3v) is 6.11. The van der Waals surface area contributed by atoms with E-state index in [-0.39, 0.29) is 23.8 Å². The molecular weight excluding hydrogens is 408 g/mol. The zero-order valence-corrected chi connectivity index (χ0v) is 17.3. The number of likely N-dealkylation sites (tertiary alicyclic amines) is 1. The summed E-state index contributed by atoms with van der Waals surface area (Å²) in [5.74, 6) is -0.105. The first-order valence-corrected chi connectivity index (χ1v) is 10.2. The first-order valence-electron chi connectivity index (χ1n) is 9.36. The van der Waals surface area contributed by atoms with E-state index in [0.717, 1.165) is 30.5 Å². The lowest BCUT2D eigenvalue weighted by Gasteiger charge is -2.34. The van der Waals surface area contributed by atoms with Crippen LogP contribution in [0, 0.1) is 6.92 Å². The maximum Gasteiger partial charge on any atom is 0.273 e. The van der Waals surface area contributed by atoms with Crippen LogP contribution < -0.4 is 5.32 Å². The zero-order chi connectivity index (χ0) is 19.4. The molecule has 0 aliphatic carbocycles. The Morgan fingerprint density at radius 1 is 1.30 bits per heavy atom. The lowest BCUT2D eigenvalue weighted by molar-refractivity contribution is -0.134. The summed E-state index contributed by atoms with van der Waals surface area (Å²) in [6.07, 6.45) is 2.29. The number of aromatic amines is 1. The molecule has 0 spiro atoms. The minimum atomic E-state index is -0.188. The number of nitrogens with zero attached hydrogens (tertiary/aromatic N) is 2. The highest BCUT2D eigenvalue weighted by Crippen LogP contribution is 2.24. The van der Waals surface area contributed by atoms with Gasteiger partial charge in [-0.3, -0.25) is 14.7 Å². The first kappa shape index (κ1) is 19.6. The zero-order valence-electron chi connectivity index (χ0n) is 15.7. The molecule has 1 aliphatic rings. The van der Waals surface area contributed by atoms with Gasteiger partial charge in [-0.2, -0.15) is 5.10 Å². The van der Waals surface area contributed by atoms with Gasteiger partial charge in [0.2, 0.25) is 5.91 Å². The van der Waals surface area contributed by atoms with Crippen molar-refractivity contribution in [2.75, 3.05) is 13.1 Å². The Balaban J connectivity index is 1.56. The number of aryl methyl sites for hydroxylation is 1. The standard InChI is InChI=1S/C20H25BrN4O2/c1-3-16(14-7-5-4-6-8-14)20(27)25-11-9-15(10-12-25)22-19(26)18-17(21)13(2)23-24-18/h4-8,15-16H,3,9-12H2,1-2H3,(H,22,26)(H,23,24). The number of nitrogens with one attached hydrogen (secondary N) is 2. The van der Waals surface area contributed by atoms with Gasteiger partial charge in [-0.1, -0.05) is 37.3 Å². The monoisotopic (exact) mass is 432 g/mol. The Morgan fingerprint density at radius 3 is 2.52 bits per heavy atom. The SMILES string of the molecule is CCC(C(=O)N1CCC(NC(=O)c2n[nH]c(C)c2Br)CC1)c1ccccc1. The summed E-state index contributed by atoms with van der Waals surface area (Å²) in [5, 5.41) is 9.88. The van der Waals surface area contributed by atoms with E-state index in [9.17, 15) is 9.59 Å². The predicted octanol–water partition coefficient (Wildman–Crippen LogP) is 3.40. The molecule has 144 valence electrons. The summed E-state index contributed by atoms with van der Waals surface area (Å²) < 4.78 is 0.696. The fourth-order valence-corrected chi connectivity index (χ4v) is 3.88. The van der Waals surface area contributed by atoms with Crippen LogP contribution >= 0.6 is 15.9 Å². The molecule has 2 amide bonds. The summed E-state index contributed by atoms with van der Waals surface area (Å²) in [7, 11) is 0. The quantitative estimate of drug-likeness (QED) is 0.759. The van der Waals surface area contributed by atoms with Crippen LogP contribution in [0.15, 0.2) is 34.8 Å². The summed E-state index contributed by atoms with van der Waals surface area (Å²) in [6.45, 7) is 5.23. The number of carbonyl (C=O) groups is 2. The number of rotatable bonds is 5. The minimum absolute atomic E-state index is 0.0576. The Hall–Kier alpha value is -2.15. The van der Waals surface area contributed by atoms with Crippen molar-refractivity contribution in [2.45, 2.75) is 45.1 Å². The number of aromatic nitrogens is 2. The molecule has 0 saturated carbocycles. The van der Waals surface area contributed by atoms with E-state index in [4.69, 9.17) is 0 Å². The molecule has 2 heterocycles. The fourth-order valence-electron chi connectivity index (χ4n) is 3.52. The largest absolute Gasteiger partial charge is 0.348 e. The van der Waals surface area contributed by atoms with Crippen LogP contribution in [0.2, 0.25) is 0 Å². The lowest BCUT2D eigenvalue weighted by Crippen LogP contribution is -2.47. The molecule has 1 aliphatic heterocycles. The molecule has 3 rings (SSSR count). The van der Waals surface area contributed by atoms with Crippen molar-refractivity contribution in [3.8, 4) is 0 Å². The summed E-state index contributed by atoms with van der Waals surface area (Å²) >= 11 is 3.38. The van der Waals surface area contributed by atoms with Crippen LogP contribution in [-0.4, -0.2) is 46.0 Å². The maximum atomic E-state index is 12.9. The van der Waals surface area contributed by atoms with Gasteiger partial charge in [-0.25, -0.2) is 0 Å². The molecule has 1 unspecified atom stereocenters. The normalized spacial score (nSPS) is 16.2. The van der Waals surface area contributed by atoms with Gasteiger partial charge in [-0.05, 0) is 47.7 Å². The Kier molecular flexibility index (Phi) is 6.31. The molecule has 6 nitrogen and oxygen atoms in total. The molecule has 0 radical (unpaired) electrons. The van der Waals surface area contributed by atoms with Crippen molar-refractivity contribution in [2.24, 2.45) is 0 Å². The predicted molar refractivity (Wildman–Crippen MR) is 108 cm³/mol. The van der Waals surface area contributed by atoms with Gasteiger partial charge in [-0.15, -0.1) is 0 Å². The van der Waals surface area contributed by atoms with Crippen molar-refractivity contribution in [3.63, 3.8) is 0 Å². The maximum absolute atomic E-state index is 12.9. The van der Waals surface area contributed by atoms with Crippen LogP contribution in [0.1, 0.15) is 53.8 Å². The van der Waals surface area contributed by atoms with Gasteiger partial charge in [0.25, 0.3) is 5.91 Å². The number of amides is 2. The number of hydrogen-bond donors (Lipinski definition) is 2. The van der Waals surface area contributed by atoms with E-state index >= 15 is 0 Å². The van der Waals surface area contributed by atoms with E-state index < -0.39 is 0 Å². The average Bonchev–Trinajstić information content (AvgIpc) is 3.02. The van der Waals surface area contributed by atoms with E-state index in [1.54, 1.807) is 0 Å². The van der Waals surface area contributed by atoms with E-state index in [2.05, 4.69) is 31.4 Å². The third kappa shape index (κ3) is 4.40. The summed E-state index contributed by atoms with van der Waals surface area (Å²) in [5.41, 5.74) is 2.27. The molecule has 1 aromatic carbocycles. The molecular formula is C20H25BrN4O2. The van der Waals surface area contributed by atoms with Gasteiger partial charge in [0.1, 0.15) is 0 Å². The minimum Gasteiger partial charge on any atom is -0.348 e. The Labute approximate surface area is 167 Å². The molecule has 27 heavy (non-hydrogen) atoms. The van der Waals surface area contributed by atoms with Crippen LogP contribution in [0.3, 0.4) is 0 Å². The average molecular weight is 433 g/mol. The molecule has 1 atom stereocenters. The number of H-pyrrole nitrogens is 1. The van der Waals surface area contributed by atoms with Crippen LogP contribution in [0.5, 0.6) is 0 Å². The lowest BCUT2D eigenvalue weighted by atomic mass is 9.93. The number of benzene rings is 1. The van der Waals surface area contributed by atoms with E-state index in [1.807, 2.05) is 49.1 Å². The van der Waals surface area contributed by atoms with Crippen molar-refractivity contribution >= 4 is 27.7 Å². The second-order valence-electron chi connectivity index (χ2n) is 6.96. The van der Waals surface area contributed by atoms with Gasteiger partial charge in [0.15, 0.2) is 5.69 Å². The second-order valence-corrected chi connectivity index (χ2v) is 7.75. The van der Waals surface area contributed by atoms with Gasteiger partial charge >= 0.3 is 0 Å². The highest BCUT2D eigenvalue weighted by Gasteiger charge is 2.29. The highest BCUT2D eigenvalue weighted by atomic mass is 79.9. The van der Waals surface area contributed by atoms with Crippen molar-refractivity contribution in [1.82, 2.24) is 20.4 Å². The Bertz CT molecular complexity index is 798. The molecule has 1 fully saturated rings. The topological polar surface area (TPSA) is 78.1 Å². The molecule has 1 saturated heterocycles.